The quantitative estimate of drug-likeness (QED) is 0.699. The van der Waals surface area contributed by atoms with Crippen LogP contribution in [0.2, 0.25) is 0 Å². The Kier molecular flexibility index (Phi) is 6.38. The van der Waals surface area contributed by atoms with Crippen LogP contribution in [-0.2, 0) is 6.54 Å². The van der Waals surface area contributed by atoms with Gasteiger partial charge in [0.15, 0.2) is 0 Å². The van der Waals surface area contributed by atoms with E-state index in [4.69, 9.17) is 5.11 Å². The Morgan fingerprint density at radius 1 is 1.50 bits per heavy atom. The second kappa shape index (κ2) is 7.29. The molecule has 0 bridgehead atoms. The lowest BCUT2D eigenvalue weighted by molar-refractivity contribution is 0.113. The number of aliphatic hydroxyl groups is 2. The van der Waals surface area contributed by atoms with Crippen molar-refractivity contribution in [2.24, 2.45) is 0 Å². The maximum absolute atomic E-state index is 9.23. The molecular weight excluding hydrogens is 290 g/mol. The van der Waals surface area contributed by atoms with Crippen LogP contribution in [0, 0.1) is 0 Å². The summed E-state index contributed by atoms with van der Waals surface area (Å²) in [5, 5.41) is 21.0. The average Bonchev–Trinajstić information content (AvgIpc) is 2.29. The summed E-state index contributed by atoms with van der Waals surface area (Å²) in [5.41, 5.74) is 1.20. The number of aliphatic hydroxyl groups excluding tert-OH is 2. The molecule has 0 amide bonds. The van der Waals surface area contributed by atoms with E-state index in [2.05, 4.69) is 21.2 Å². The fraction of sp³-hybridized carbons (Fsp3) is 0.455. The topological polar surface area (TPSA) is 52.5 Å². The minimum Gasteiger partial charge on any atom is -0.394 e. The van der Waals surface area contributed by atoms with Gasteiger partial charge in [-0.1, -0.05) is 22.0 Å². The van der Waals surface area contributed by atoms with Crippen molar-refractivity contribution in [3.63, 3.8) is 0 Å². The summed E-state index contributed by atoms with van der Waals surface area (Å²) in [5.74, 6) is 0.508. The van der Waals surface area contributed by atoms with Gasteiger partial charge >= 0.3 is 0 Å². The summed E-state index contributed by atoms with van der Waals surface area (Å²) in [6.07, 6.45) is -0.652. The van der Waals surface area contributed by atoms with E-state index < -0.39 is 6.10 Å². The number of rotatable bonds is 6. The van der Waals surface area contributed by atoms with Crippen molar-refractivity contribution in [3.8, 4) is 0 Å². The van der Waals surface area contributed by atoms with E-state index in [1.807, 2.05) is 25.2 Å². The van der Waals surface area contributed by atoms with E-state index in [1.54, 1.807) is 0 Å². The van der Waals surface area contributed by atoms with Gasteiger partial charge in [-0.05, 0) is 24.7 Å². The van der Waals surface area contributed by atoms with Crippen LogP contribution in [0.4, 0.5) is 0 Å². The second-order valence-electron chi connectivity index (χ2n) is 3.43. The van der Waals surface area contributed by atoms with E-state index in [0.29, 0.717) is 5.75 Å². The molecule has 90 valence electrons. The first-order chi connectivity index (χ1) is 7.67. The monoisotopic (exact) mass is 305 g/mol. The molecule has 0 aromatic heterocycles. The van der Waals surface area contributed by atoms with Gasteiger partial charge in [0.2, 0.25) is 0 Å². The summed E-state index contributed by atoms with van der Waals surface area (Å²) in [7, 11) is 1.91. The molecule has 0 heterocycles. The molecular formula is C11H16BrNO2S. The molecule has 0 radical (unpaired) electrons. The predicted molar refractivity (Wildman–Crippen MR) is 70.7 cm³/mol. The number of hydrogen-bond acceptors (Lipinski definition) is 4. The maximum Gasteiger partial charge on any atom is 0.0864 e. The van der Waals surface area contributed by atoms with Crippen LogP contribution in [0.15, 0.2) is 27.6 Å². The Morgan fingerprint density at radius 3 is 2.81 bits per heavy atom. The van der Waals surface area contributed by atoms with Gasteiger partial charge in [0, 0.05) is 21.7 Å². The SMILES string of the molecule is CNCc1ccc(SCC(O)CO)cc1Br. The van der Waals surface area contributed by atoms with Crippen LogP contribution in [0.1, 0.15) is 5.56 Å². The van der Waals surface area contributed by atoms with Crippen LogP contribution in [0.25, 0.3) is 0 Å². The largest absolute Gasteiger partial charge is 0.394 e. The second-order valence-corrected chi connectivity index (χ2v) is 5.38. The van der Waals surface area contributed by atoms with Crippen molar-refractivity contribution >= 4 is 27.7 Å². The van der Waals surface area contributed by atoms with Gasteiger partial charge in [0.05, 0.1) is 12.7 Å². The van der Waals surface area contributed by atoms with E-state index >= 15 is 0 Å². The zero-order valence-corrected chi connectivity index (χ0v) is 11.5. The highest BCUT2D eigenvalue weighted by Crippen LogP contribution is 2.25. The zero-order chi connectivity index (χ0) is 12.0. The normalized spacial score (nSPS) is 12.8. The highest BCUT2D eigenvalue weighted by atomic mass is 79.9. The Labute approximate surface area is 108 Å². The highest BCUT2D eigenvalue weighted by Gasteiger charge is 2.05. The molecule has 3 nitrogen and oxygen atoms in total. The molecule has 5 heteroatoms. The molecule has 0 saturated carbocycles. The minimum atomic E-state index is -0.652. The van der Waals surface area contributed by atoms with Crippen LogP contribution < -0.4 is 5.32 Å². The fourth-order valence-corrected chi connectivity index (χ4v) is 2.72. The van der Waals surface area contributed by atoms with Crippen molar-refractivity contribution in [2.45, 2.75) is 17.5 Å². The van der Waals surface area contributed by atoms with Gasteiger partial charge in [-0.2, -0.15) is 0 Å². The lowest BCUT2D eigenvalue weighted by Crippen LogP contribution is -2.14. The summed E-state index contributed by atoms with van der Waals surface area (Å²) in [4.78, 5) is 1.08. The predicted octanol–water partition coefficient (Wildman–Crippen LogP) is 1.61. The first kappa shape index (κ1) is 14.0. The fourth-order valence-electron chi connectivity index (χ4n) is 1.20. The minimum absolute atomic E-state index is 0.188. The smallest absolute Gasteiger partial charge is 0.0864 e. The molecule has 0 aliphatic heterocycles. The molecule has 0 fully saturated rings. The van der Waals surface area contributed by atoms with Crippen molar-refractivity contribution in [1.82, 2.24) is 5.32 Å². The highest BCUT2D eigenvalue weighted by molar-refractivity contribution is 9.10. The van der Waals surface area contributed by atoms with Gasteiger partial charge in [0.25, 0.3) is 0 Å². The number of benzene rings is 1. The third-order valence-electron chi connectivity index (χ3n) is 2.04. The molecule has 1 rings (SSSR count). The van der Waals surface area contributed by atoms with Crippen molar-refractivity contribution in [3.05, 3.63) is 28.2 Å². The molecule has 0 aliphatic carbocycles. The van der Waals surface area contributed by atoms with Crippen LogP contribution in [0.5, 0.6) is 0 Å². The lowest BCUT2D eigenvalue weighted by Gasteiger charge is -2.09. The van der Waals surface area contributed by atoms with Crippen molar-refractivity contribution in [1.29, 1.82) is 0 Å². The first-order valence-corrected chi connectivity index (χ1v) is 6.80. The van der Waals surface area contributed by atoms with Crippen LogP contribution in [-0.4, -0.2) is 35.7 Å². The molecule has 1 atom stereocenters. The van der Waals surface area contributed by atoms with E-state index in [0.717, 1.165) is 15.9 Å². The number of hydrogen-bond donors (Lipinski definition) is 3. The molecule has 0 aliphatic rings. The van der Waals surface area contributed by atoms with Crippen molar-refractivity contribution in [2.75, 3.05) is 19.4 Å². The zero-order valence-electron chi connectivity index (χ0n) is 9.11. The Balaban J connectivity index is 2.59. The van der Waals surface area contributed by atoms with Crippen molar-refractivity contribution < 1.29 is 10.2 Å². The van der Waals surface area contributed by atoms with E-state index in [9.17, 15) is 5.11 Å². The number of halogens is 1. The molecule has 0 spiro atoms. The van der Waals surface area contributed by atoms with Crippen LogP contribution >= 0.6 is 27.7 Å². The molecule has 16 heavy (non-hydrogen) atoms. The molecule has 1 aromatic rings. The summed E-state index contributed by atoms with van der Waals surface area (Å²) in [6, 6.07) is 6.10. The average molecular weight is 306 g/mol. The Bertz CT molecular complexity index is 336. The molecule has 0 saturated heterocycles. The third kappa shape index (κ3) is 4.43. The third-order valence-corrected chi connectivity index (χ3v) is 3.92. The molecule has 3 N–H and O–H groups in total. The van der Waals surface area contributed by atoms with Gasteiger partial charge < -0.3 is 15.5 Å². The van der Waals surface area contributed by atoms with E-state index in [-0.39, 0.29) is 6.61 Å². The Morgan fingerprint density at radius 2 is 2.25 bits per heavy atom. The summed E-state index contributed by atoms with van der Waals surface area (Å²) in [6.45, 7) is 0.636. The summed E-state index contributed by atoms with van der Waals surface area (Å²) >= 11 is 5.04. The summed E-state index contributed by atoms with van der Waals surface area (Å²) < 4.78 is 1.06. The first-order valence-electron chi connectivity index (χ1n) is 5.02. The van der Waals surface area contributed by atoms with Gasteiger partial charge in [-0.25, -0.2) is 0 Å². The lowest BCUT2D eigenvalue weighted by atomic mass is 10.2. The van der Waals surface area contributed by atoms with Gasteiger partial charge in [-0.15, -0.1) is 11.8 Å². The number of nitrogens with one attached hydrogen (secondary N) is 1. The maximum atomic E-state index is 9.23. The van der Waals surface area contributed by atoms with Gasteiger partial charge in [0.1, 0.15) is 0 Å². The molecule has 1 unspecified atom stereocenters. The van der Waals surface area contributed by atoms with Gasteiger partial charge in [-0.3, -0.25) is 0 Å². The number of thioether (sulfide) groups is 1. The molecule has 1 aromatic carbocycles. The van der Waals surface area contributed by atoms with Crippen LogP contribution in [0.3, 0.4) is 0 Å². The van der Waals surface area contributed by atoms with E-state index in [1.165, 1.54) is 17.3 Å². The standard InChI is InChI=1S/C11H16BrNO2S/c1-13-5-8-2-3-10(4-11(8)12)16-7-9(15)6-14/h2-4,9,13-15H,5-7H2,1H3. The Hall–Kier alpha value is -0.0700.